The maximum absolute atomic E-state index is 13.2. The van der Waals surface area contributed by atoms with Crippen LogP contribution in [0, 0.1) is 23.6 Å². The second kappa shape index (κ2) is 4.79. The van der Waals surface area contributed by atoms with Crippen molar-refractivity contribution in [1.29, 1.82) is 0 Å². The molecule has 0 nitrogen and oxygen atoms in total. The Bertz CT molecular complexity index is 420. The van der Waals surface area contributed by atoms with Crippen molar-refractivity contribution in [2.75, 3.05) is 0 Å². The van der Waals surface area contributed by atoms with E-state index in [2.05, 4.69) is 24.0 Å². The first-order valence-electron chi connectivity index (χ1n) is 5.29. The minimum atomic E-state index is -0.232. The summed E-state index contributed by atoms with van der Waals surface area (Å²) in [6.45, 7) is 0. The van der Waals surface area contributed by atoms with Gasteiger partial charge < -0.3 is 0 Å². The summed E-state index contributed by atoms with van der Waals surface area (Å²) in [5, 5.41) is 0. The van der Waals surface area contributed by atoms with E-state index in [1.165, 1.54) is 12.5 Å². The van der Waals surface area contributed by atoms with E-state index < -0.39 is 0 Å². The smallest absolute Gasteiger partial charge is 0.138 e. The monoisotopic (exact) mass is 200 g/mol. The zero-order valence-corrected chi connectivity index (χ0v) is 8.54. The van der Waals surface area contributed by atoms with Crippen molar-refractivity contribution >= 4 is 0 Å². The zero-order chi connectivity index (χ0) is 10.5. The third-order valence-corrected chi connectivity index (χ3v) is 2.52. The molecule has 0 bridgehead atoms. The molecular formula is C14H13F. The first kappa shape index (κ1) is 9.98. The average molecular weight is 200 g/mol. The fourth-order valence-corrected chi connectivity index (χ4v) is 1.67. The molecule has 0 saturated heterocycles. The van der Waals surface area contributed by atoms with Gasteiger partial charge in [0.2, 0.25) is 0 Å². The highest BCUT2D eigenvalue weighted by Gasteiger charge is 2.04. The first-order valence-corrected chi connectivity index (χ1v) is 5.29. The molecule has 0 radical (unpaired) electrons. The lowest BCUT2D eigenvalue weighted by Crippen LogP contribution is -1.97. The second-order valence-electron chi connectivity index (χ2n) is 3.71. The van der Waals surface area contributed by atoms with Crippen LogP contribution in [0.4, 0.5) is 4.39 Å². The Labute approximate surface area is 89.8 Å². The van der Waals surface area contributed by atoms with E-state index >= 15 is 0 Å². The fraction of sp³-hybridized carbons (Fsp3) is 0.286. The Kier molecular flexibility index (Phi) is 3.19. The zero-order valence-electron chi connectivity index (χ0n) is 8.54. The number of hydrogen-bond donors (Lipinski definition) is 0. The van der Waals surface area contributed by atoms with Crippen LogP contribution < -0.4 is 0 Å². The van der Waals surface area contributed by atoms with E-state index in [9.17, 15) is 4.39 Å². The van der Waals surface area contributed by atoms with Crippen LogP contribution in [0.2, 0.25) is 0 Å². The second-order valence-corrected chi connectivity index (χ2v) is 3.71. The molecule has 1 aliphatic carbocycles. The van der Waals surface area contributed by atoms with Gasteiger partial charge in [-0.2, -0.15) is 0 Å². The van der Waals surface area contributed by atoms with Crippen molar-refractivity contribution in [3.8, 4) is 11.8 Å². The number of benzene rings is 1. The van der Waals surface area contributed by atoms with E-state index in [1.54, 1.807) is 12.1 Å². The van der Waals surface area contributed by atoms with Crippen molar-refractivity contribution in [1.82, 2.24) is 0 Å². The summed E-state index contributed by atoms with van der Waals surface area (Å²) in [5.74, 6) is 6.08. The lowest BCUT2D eigenvalue weighted by atomic mass is 9.96. The van der Waals surface area contributed by atoms with E-state index in [0.29, 0.717) is 11.5 Å². The van der Waals surface area contributed by atoms with Crippen LogP contribution in [0.5, 0.6) is 0 Å². The van der Waals surface area contributed by atoms with Crippen LogP contribution in [-0.4, -0.2) is 0 Å². The van der Waals surface area contributed by atoms with Crippen molar-refractivity contribution < 1.29 is 4.39 Å². The SMILES string of the molecule is Fc1ccccc1C#C[C@@H]1C=CCCC1. The lowest BCUT2D eigenvalue weighted by Gasteiger charge is -2.08. The maximum atomic E-state index is 13.2. The van der Waals surface area contributed by atoms with Gasteiger partial charge in [-0.1, -0.05) is 36.1 Å². The van der Waals surface area contributed by atoms with Gasteiger partial charge in [-0.15, -0.1) is 0 Å². The Morgan fingerprint density at radius 1 is 1.27 bits per heavy atom. The van der Waals surface area contributed by atoms with Crippen molar-refractivity contribution in [3.05, 3.63) is 47.8 Å². The Morgan fingerprint density at radius 3 is 2.87 bits per heavy atom. The van der Waals surface area contributed by atoms with Gasteiger partial charge in [0.25, 0.3) is 0 Å². The minimum Gasteiger partial charge on any atom is -0.206 e. The number of allylic oxidation sites excluding steroid dienone is 2. The molecule has 0 saturated carbocycles. The predicted molar refractivity (Wildman–Crippen MR) is 59.8 cm³/mol. The van der Waals surface area contributed by atoms with E-state index in [1.807, 2.05) is 6.07 Å². The molecule has 1 aromatic carbocycles. The summed E-state index contributed by atoms with van der Waals surface area (Å²) in [6, 6.07) is 6.65. The molecule has 2 rings (SSSR count). The molecule has 15 heavy (non-hydrogen) atoms. The molecule has 0 fully saturated rings. The van der Waals surface area contributed by atoms with E-state index in [0.717, 1.165) is 12.8 Å². The number of halogens is 1. The summed E-state index contributed by atoms with van der Waals surface area (Å²) in [6.07, 6.45) is 7.71. The van der Waals surface area contributed by atoms with Gasteiger partial charge in [-0.3, -0.25) is 0 Å². The molecule has 1 atom stereocenters. The van der Waals surface area contributed by atoms with Gasteiger partial charge in [-0.25, -0.2) is 4.39 Å². The lowest BCUT2D eigenvalue weighted by molar-refractivity contribution is 0.623. The van der Waals surface area contributed by atoms with Crippen molar-refractivity contribution in [3.63, 3.8) is 0 Å². The van der Waals surface area contributed by atoms with Crippen molar-refractivity contribution in [2.45, 2.75) is 19.3 Å². The molecule has 1 heteroatoms. The highest BCUT2D eigenvalue weighted by Crippen LogP contribution is 2.16. The molecule has 1 aliphatic rings. The van der Waals surface area contributed by atoms with Crippen LogP contribution in [-0.2, 0) is 0 Å². The summed E-state index contributed by atoms with van der Waals surface area (Å²) in [5.41, 5.74) is 0.497. The van der Waals surface area contributed by atoms with Gasteiger partial charge in [-0.05, 0) is 31.4 Å². The standard InChI is InChI=1S/C14H13F/c15-14-9-5-4-8-13(14)11-10-12-6-2-1-3-7-12/h2,4-6,8-9,12H,1,3,7H2/t12-/m1/s1. The summed E-state index contributed by atoms with van der Waals surface area (Å²) >= 11 is 0. The molecule has 1 aromatic rings. The quantitative estimate of drug-likeness (QED) is 0.444. The van der Waals surface area contributed by atoms with Gasteiger partial charge in [0.05, 0.1) is 5.56 Å². The topological polar surface area (TPSA) is 0 Å². The van der Waals surface area contributed by atoms with Crippen LogP contribution in [0.3, 0.4) is 0 Å². The average Bonchev–Trinajstić information content (AvgIpc) is 2.29. The minimum absolute atomic E-state index is 0.232. The van der Waals surface area contributed by atoms with Crippen LogP contribution in [0.15, 0.2) is 36.4 Å². The summed E-state index contributed by atoms with van der Waals surface area (Å²) in [7, 11) is 0. The summed E-state index contributed by atoms with van der Waals surface area (Å²) < 4.78 is 13.2. The van der Waals surface area contributed by atoms with E-state index in [4.69, 9.17) is 0 Å². The fourth-order valence-electron chi connectivity index (χ4n) is 1.67. The largest absolute Gasteiger partial charge is 0.206 e. The molecule has 0 spiro atoms. The molecule has 0 aliphatic heterocycles. The highest BCUT2D eigenvalue weighted by molar-refractivity contribution is 5.36. The Balaban J connectivity index is 2.14. The Hall–Kier alpha value is -1.55. The van der Waals surface area contributed by atoms with Gasteiger partial charge in [0.1, 0.15) is 5.82 Å². The third kappa shape index (κ3) is 2.70. The number of hydrogen-bond acceptors (Lipinski definition) is 0. The van der Waals surface area contributed by atoms with Crippen LogP contribution in [0.1, 0.15) is 24.8 Å². The third-order valence-electron chi connectivity index (χ3n) is 2.52. The van der Waals surface area contributed by atoms with Crippen LogP contribution in [0.25, 0.3) is 0 Å². The predicted octanol–water partition coefficient (Wildman–Crippen LogP) is 3.53. The van der Waals surface area contributed by atoms with Gasteiger partial charge in [0, 0.05) is 5.92 Å². The Morgan fingerprint density at radius 2 is 2.13 bits per heavy atom. The molecule has 0 amide bonds. The van der Waals surface area contributed by atoms with Gasteiger partial charge >= 0.3 is 0 Å². The van der Waals surface area contributed by atoms with E-state index in [-0.39, 0.29) is 5.82 Å². The maximum Gasteiger partial charge on any atom is 0.138 e. The highest BCUT2D eigenvalue weighted by atomic mass is 19.1. The molecule has 76 valence electrons. The first-order chi connectivity index (χ1) is 7.36. The number of rotatable bonds is 0. The molecule has 0 N–H and O–H groups in total. The molecule has 0 unspecified atom stereocenters. The normalized spacial score (nSPS) is 19.4. The molecule has 0 heterocycles. The molecule has 0 aromatic heterocycles. The van der Waals surface area contributed by atoms with Gasteiger partial charge in [0.15, 0.2) is 0 Å². The summed E-state index contributed by atoms with van der Waals surface area (Å²) in [4.78, 5) is 0. The van der Waals surface area contributed by atoms with Crippen LogP contribution >= 0.6 is 0 Å². The molecular weight excluding hydrogens is 187 g/mol. The van der Waals surface area contributed by atoms with Crippen molar-refractivity contribution in [2.24, 2.45) is 5.92 Å².